The molecule has 0 spiro atoms. The number of piperidine rings is 1. The highest BCUT2D eigenvalue weighted by Crippen LogP contribution is 2.30. The zero-order valence-electron chi connectivity index (χ0n) is 9.83. The van der Waals surface area contributed by atoms with Crippen molar-refractivity contribution in [3.05, 3.63) is 0 Å². The first-order valence-electron chi connectivity index (χ1n) is 6.24. The lowest BCUT2D eigenvalue weighted by Gasteiger charge is -2.53. The maximum absolute atomic E-state index is 12.0. The Labute approximate surface area is 92.2 Å². The summed E-state index contributed by atoms with van der Waals surface area (Å²) in [7, 11) is 0. The molecule has 3 nitrogen and oxygen atoms in total. The largest absolute Gasteiger partial charge is 0.334 e. The average Bonchev–Trinajstić information content (AvgIpc) is 2.18. The summed E-state index contributed by atoms with van der Waals surface area (Å²) in [5.41, 5.74) is 0. The van der Waals surface area contributed by atoms with Crippen LogP contribution < -0.4 is 5.32 Å². The summed E-state index contributed by atoms with van der Waals surface area (Å²) in [5.74, 6) is 0.940. The number of hydrogen-bond acceptors (Lipinski definition) is 2. The predicted molar refractivity (Wildman–Crippen MR) is 60.6 cm³/mol. The molecule has 1 N–H and O–H groups in total. The molecule has 2 bridgehead atoms. The average molecular weight is 210 g/mol. The first-order valence-corrected chi connectivity index (χ1v) is 6.24. The fraction of sp³-hybridized carbons (Fsp3) is 0.917. The van der Waals surface area contributed by atoms with Gasteiger partial charge >= 0.3 is 0 Å². The zero-order chi connectivity index (χ0) is 10.8. The highest BCUT2D eigenvalue weighted by atomic mass is 16.2. The molecule has 15 heavy (non-hydrogen) atoms. The molecule has 3 atom stereocenters. The van der Waals surface area contributed by atoms with Gasteiger partial charge in [0.1, 0.15) is 0 Å². The van der Waals surface area contributed by atoms with Crippen LogP contribution in [0.3, 0.4) is 0 Å². The second-order valence-electron chi connectivity index (χ2n) is 5.10. The molecule has 3 aliphatic heterocycles. The highest BCUT2D eigenvalue weighted by Gasteiger charge is 2.43. The molecular weight excluding hydrogens is 188 g/mol. The lowest BCUT2D eigenvalue weighted by atomic mass is 9.87. The number of rotatable bonds is 4. The van der Waals surface area contributed by atoms with Crippen molar-refractivity contribution >= 4 is 5.91 Å². The topological polar surface area (TPSA) is 32.3 Å². The van der Waals surface area contributed by atoms with E-state index in [0.29, 0.717) is 23.9 Å². The third-order valence-corrected chi connectivity index (χ3v) is 3.68. The van der Waals surface area contributed by atoms with Crippen LogP contribution in [0.5, 0.6) is 0 Å². The van der Waals surface area contributed by atoms with Crippen molar-refractivity contribution in [3.63, 3.8) is 0 Å². The van der Waals surface area contributed by atoms with E-state index >= 15 is 0 Å². The van der Waals surface area contributed by atoms with E-state index in [2.05, 4.69) is 24.1 Å². The van der Waals surface area contributed by atoms with Gasteiger partial charge in [-0.3, -0.25) is 4.79 Å². The van der Waals surface area contributed by atoms with Gasteiger partial charge in [-0.15, -0.1) is 0 Å². The van der Waals surface area contributed by atoms with Gasteiger partial charge in [-0.25, -0.2) is 0 Å². The lowest BCUT2D eigenvalue weighted by molar-refractivity contribution is -0.148. The first kappa shape index (κ1) is 10.9. The summed E-state index contributed by atoms with van der Waals surface area (Å²) in [6.45, 7) is 6.38. The number of carbonyl (C=O) groups is 1. The maximum Gasteiger partial charge on any atom is 0.223 e. The van der Waals surface area contributed by atoms with E-state index in [1.807, 2.05) is 0 Å². The molecule has 0 aliphatic carbocycles. The number of amides is 1. The number of piperazine rings is 1. The van der Waals surface area contributed by atoms with E-state index in [9.17, 15) is 4.79 Å². The zero-order valence-corrected chi connectivity index (χ0v) is 9.83. The molecule has 0 aromatic carbocycles. The van der Waals surface area contributed by atoms with Crippen LogP contribution in [0, 0.1) is 5.92 Å². The van der Waals surface area contributed by atoms with Gasteiger partial charge in [-0.05, 0) is 12.3 Å². The second kappa shape index (κ2) is 4.52. The molecule has 1 amide bonds. The molecule has 3 aliphatic rings. The molecule has 86 valence electrons. The Morgan fingerprint density at radius 2 is 2.13 bits per heavy atom. The molecule has 3 rings (SSSR count). The van der Waals surface area contributed by atoms with Crippen LogP contribution in [0.2, 0.25) is 0 Å². The summed E-state index contributed by atoms with van der Waals surface area (Å²) in [5, 5.41) is 3.35. The van der Waals surface area contributed by atoms with Gasteiger partial charge in [0.2, 0.25) is 5.91 Å². The normalized spacial score (nSPS) is 30.9. The van der Waals surface area contributed by atoms with Crippen molar-refractivity contribution in [2.75, 3.05) is 13.1 Å². The number of nitrogens with zero attached hydrogens (tertiary/aromatic N) is 1. The van der Waals surface area contributed by atoms with Crippen molar-refractivity contribution in [1.82, 2.24) is 10.2 Å². The highest BCUT2D eigenvalue weighted by molar-refractivity contribution is 5.78. The Balaban J connectivity index is 1.81. The standard InChI is InChI=1S/C12H22N2O/c1-3-4-9(2)5-12(15)14-10-6-11(14)8-13-7-10/h9-11,13H,3-8H2,1-2H3/t9-,10?,11?/m0/s1. The van der Waals surface area contributed by atoms with Crippen molar-refractivity contribution in [2.45, 2.75) is 51.6 Å². The molecule has 3 heterocycles. The quantitative estimate of drug-likeness (QED) is 0.760. The minimum absolute atomic E-state index is 0.388. The Morgan fingerprint density at radius 3 is 2.67 bits per heavy atom. The summed E-state index contributed by atoms with van der Waals surface area (Å²) in [4.78, 5) is 14.1. The molecule has 0 saturated carbocycles. The smallest absolute Gasteiger partial charge is 0.223 e. The van der Waals surface area contributed by atoms with Crippen LogP contribution in [0.15, 0.2) is 0 Å². The molecule has 3 heteroatoms. The van der Waals surface area contributed by atoms with Crippen molar-refractivity contribution in [2.24, 2.45) is 5.92 Å². The van der Waals surface area contributed by atoms with Gasteiger partial charge in [0.15, 0.2) is 0 Å². The molecule has 2 unspecified atom stereocenters. The van der Waals surface area contributed by atoms with Crippen LogP contribution in [-0.4, -0.2) is 36.0 Å². The van der Waals surface area contributed by atoms with Gasteiger partial charge in [0.25, 0.3) is 0 Å². The second-order valence-corrected chi connectivity index (χ2v) is 5.10. The van der Waals surface area contributed by atoms with Crippen LogP contribution in [0.4, 0.5) is 0 Å². The van der Waals surface area contributed by atoms with Crippen LogP contribution in [0.25, 0.3) is 0 Å². The predicted octanol–water partition coefficient (Wildman–Crippen LogP) is 1.39. The van der Waals surface area contributed by atoms with Crippen molar-refractivity contribution in [3.8, 4) is 0 Å². The monoisotopic (exact) mass is 210 g/mol. The molecule has 0 radical (unpaired) electrons. The molecule has 3 saturated heterocycles. The first-order chi connectivity index (χ1) is 7.22. The third-order valence-electron chi connectivity index (χ3n) is 3.68. The van der Waals surface area contributed by atoms with E-state index < -0.39 is 0 Å². The number of nitrogens with one attached hydrogen (secondary N) is 1. The Bertz CT molecular complexity index is 228. The summed E-state index contributed by atoms with van der Waals surface area (Å²) >= 11 is 0. The minimum atomic E-state index is 0.388. The van der Waals surface area contributed by atoms with Crippen molar-refractivity contribution in [1.29, 1.82) is 0 Å². The van der Waals surface area contributed by atoms with E-state index in [-0.39, 0.29) is 0 Å². The number of hydrogen-bond donors (Lipinski definition) is 1. The lowest BCUT2D eigenvalue weighted by Crippen LogP contribution is -2.69. The molecule has 0 aromatic heterocycles. The third kappa shape index (κ3) is 2.17. The number of carbonyl (C=O) groups excluding carboxylic acids is 1. The van der Waals surface area contributed by atoms with Gasteiger partial charge < -0.3 is 10.2 Å². The molecule has 3 fully saturated rings. The molecular formula is C12H22N2O. The van der Waals surface area contributed by atoms with Crippen LogP contribution >= 0.6 is 0 Å². The Hall–Kier alpha value is -0.570. The summed E-state index contributed by atoms with van der Waals surface area (Å²) < 4.78 is 0. The van der Waals surface area contributed by atoms with Crippen LogP contribution in [-0.2, 0) is 4.79 Å². The summed E-state index contributed by atoms with van der Waals surface area (Å²) in [6, 6.07) is 1.01. The number of fused-ring (bicyclic) bond motifs is 2. The van der Waals surface area contributed by atoms with Gasteiger partial charge in [0, 0.05) is 31.6 Å². The fourth-order valence-electron chi connectivity index (χ4n) is 2.89. The van der Waals surface area contributed by atoms with E-state index in [0.717, 1.165) is 19.5 Å². The van der Waals surface area contributed by atoms with Crippen molar-refractivity contribution < 1.29 is 4.79 Å². The summed E-state index contributed by atoms with van der Waals surface area (Å²) in [6.07, 6.45) is 4.33. The van der Waals surface area contributed by atoms with E-state index in [4.69, 9.17) is 0 Å². The van der Waals surface area contributed by atoms with Gasteiger partial charge in [-0.1, -0.05) is 26.7 Å². The molecule has 0 aromatic rings. The Kier molecular flexibility index (Phi) is 3.29. The van der Waals surface area contributed by atoms with Crippen LogP contribution in [0.1, 0.15) is 39.5 Å². The van der Waals surface area contributed by atoms with Gasteiger partial charge in [-0.2, -0.15) is 0 Å². The Morgan fingerprint density at radius 1 is 1.47 bits per heavy atom. The van der Waals surface area contributed by atoms with Gasteiger partial charge in [0.05, 0.1) is 0 Å². The van der Waals surface area contributed by atoms with E-state index in [1.165, 1.54) is 19.3 Å². The van der Waals surface area contributed by atoms with E-state index in [1.54, 1.807) is 0 Å². The fourth-order valence-corrected chi connectivity index (χ4v) is 2.89. The maximum atomic E-state index is 12.0. The minimum Gasteiger partial charge on any atom is -0.334 e. The SMILES string of the molecule is CCC[C@H](C)CC(=O)N1C2CNCC1C2.